The third-order valence-electron chi connectivity index (χ3n) is 6.63. The largest absolute Gasteiger partial charge is 0.419 e. The van der Waals surface area contributed by atoms with E-state index in [-0.39, 0.29) is 5.92 Å². The molecule has 30 heavy (non-hydrogen) atoms. The van der Waals surface area contributed by atoms with Gasteiger partial charge in [-0.3, -0.25) is 9.78 Å². The Morgan fingerprint density at radius 1 is 1.03 bits per heavy atom. The van der Waals surface area contributed by atoms with Gasteiger partial charge in [0.2, 0.25) is 11.8 Å². The molecule has 6 nitrogen and oxygen atoms in total. The second kappa shape index (κ2) is 8.54. The molecule has 5 rings (SSSR count). The van der Waals surface area contributed by atoms with E-state index in [4.69, 9.17) is 4.42 Å². The van der Waals surface area contributed by atoms with Crippen LogP contribution in [0.15, 0.2) is 40.9 Å². The van der Waals surface area contributed by atoms with Gasteiger partial charge < -0.3 is 9.32 Å². The number of fused-ring (bicyclic) bond motifs is 1. The summed E-state index contributed by atoms with van der Waals surface area (Å²) < 4.78 is 6.07. The van der Waals surface area contributed by atoms with Crippen molar-refractivity contribution in [1.82, 2.24) is 20.1 Å². The Balaban J connectivity index is 1.30. The van der Waals surface area contributed by atoms with Gasteiger partial charge in [0.25, 0.3) is 5.89 Å². The topological polar surface area (TPSA) is 72.1 Å². The molecule has 1 amide bonds. The zero-order valence-corrected chi connectivity index (χ0v) is 17.3. The maximum atomic E-state index is 12.9. The van der Waals surface area contributed by atoms with Crippen LogP contribution in [0.3, 0.4) is 0 Å². The summed E-state index contributed by atoms with van der Waals surface area (Å²) in [6, 6.07) is 10.0. The lowest BCUT2D eigenvalue weighted by Gasteiger charge is -2.32. The third kappa shape index (κ3) is 3.95. The predicted octanol–water partition coefficient (Wildman–Crippen LogP) is 4.96. The summed E-state index contributed by atoms with van der Waals surface area (Å²) >= 11 is 0. The standard InChI is InChI=1S/C24H28N4O2/c29-21(15-17-7-2-1-3-8-17)28-14-6-10-19(16-28)23-26-27-24(30-23)22-20-11-5-4-9-18(20)12-13-25-22/h4-5,9,11-13,17,19H,1-3,6-8,10,14-16H2/t19-/m1/s1. The van der Waals surface area contributed by atoms with Gasteiger partial charge in [0.15, 0.2) is 0 Å². The fourth-order valence-electron chi connectivity index (χ4n) is 4.96. The minimum Gasteiger partial charge on any atom is -0.419 e. The van der Waals surface area contributed by atoms with Crippen LogP contribution >= 0.6 is 0 Å². The van der Waals surface area contributed by atoms with Gasteiger partial charge >= 0.3 is 0 Å². The Morgan fingerprint density at radius 2 is 1.90 bits per heavy atom. The average Bonchev–Trinajstić information content (AvgIpc) is 3.30. The van der Waals surface area contributed by atoms with Gasteiger partial charge in [-0.05, 0) is 43.1 Å². The average molecular weight is 405 g/mol. The van der Waals surface area contributed by atoms with E-state index in [1.807, 2.05) is 29.2 Å². The first-order valence-corrected chi connectivity index (χ1v) is 11.2. The molecule has 1 aromatic carbocycles. The highest BCUT2D eigenvalue weighted by molar-refractivity contribution is 5.92. The zero-order valence-electron chi connectivity index (χ0n) is 17.3. The number of nitrogens with zero attached hydrogens (tertiary/aromatic N) is 4. The van der Waals surface area contributed by atoms with E-state index in [0.717, 1.165) is 30.2 Å². The summed E-state index contributed by atoms with van der Waals surface area (Å²) in [5, 5.41) is 10.7. The number of hydrogen-bond acceptors (Lipinski definition) is 5. The molecule has 0 radical (unpaired) electrons. The van der Waals surface area contributed by atoms with Gasteiger partial charge in [0.1, 0.15) is 5.69 Å². The summed E-state index contributed by atoms with van der Waals surface area (Å²) in [4.78, 5) is 19.4. The summed E-state index contributed by atoms with van der Waals surface area (Å²) in [6.07, 6.45) is 10.7. The third-order valence-corrected chi connectivity index (χ3v) is 6.63. The van der Waals surface area contributed by atoms with Crippen LogP contribution in [0.1, 0.15) is 63.2 Å². The number of piperidine rings is 1. The highest BCUT2D eigenvalue weighted by atomic mass is 16.4. The molecule has 6 heteroatoms. The molecule has 2 aromatic heterocycles. The highest BCUT2D eigenvalue weighted by Gasteiger charge is 2.30. The van der Waals surface area contributed by atoms with Gasteiger partial charge in [-0.2, -0.15) is 0 Å². The van der Waals surface area contributed by atoms with E-state index in [9.17, 15) is 4.79 Å². The number of rotatable bonds is 4. The number of carbonyl (C=O) groups excluding carboxylic acids is 1. The van der Waals surface area contributed by atoms with Gasteiger partial charge in [-0.1, -0.05) is 43.5 Å². The Bertz CT molecular complexity index is 1020. The van der Waals surface area contributed by atoms with Crippen LogP contribution < -0.4 is 0 Å². The van der Waals surface area contributed by atoms with E-state index in [0.29, 0.717) is 42.3 Å². The van der Waals surface area contributed by atoms with E-state index >= 15 is 0 Å². The van der Waals surface area contributed by atoms with E-state index in [1.54, 1.807) is 6.20 Å². The zero-order chi connectivity index (χ0) is 20.3. The molecule has 1 saturated carbocycles. The van der Waals surface area contributed by atoms with Crippen molar-refractivity contribution in [2.45, 2.75) is 57.3 Å². The van der Waals surface area contributed by atoms with Gasteiger partial charge in [0, 0.05) is 31.1 Å². The smallest absolute Gasteiger partial charge is 0.266 e. The van der Waals surface area contributed by atoms with E-state index in [2.05, 4.69) is 21.2 Å². The lowest BCUT2D eigenvalue weighted by molar-refractivity contribution is -0.133. The lowest BCUT2D eigenvalue weighted by Crippen LogP contribution is -2.40. The first kappa shape index (κ1) is 19.2. The molecule has 156 valence electrons. The summed E-state index contributed by atoms with van der Waals surface area (Å²) in [5.74, 6) is 2.04. The first-order chi connectivity index (χ1) is 14.8. The van der Waals surface area contributed by atoms with Crippen molar-refractivity contribution >= 4 is 16.7 Å². The fraction of sp³-hybridized carbons (Fsp3) is 0.500. The Morgan fingerprint density at radius 3 is 2.80 bits per heavy atom. The van der Waals surface area contributed by atoms with Crippen molar-refractivity contribution in [3.05, 3.63) is 42.4 Å². The van der Waals surface area contributed by atoms with Crippen LogP contribution in [-0.2, 0) is 4.79 Å². The normalized spacial score (nSPS) is 20.5. The lowest BCUT2D eigenvalue weighted by atomic mass is 9.86. The number of benzene rings is 1. The molecule has 1 aliphatic heterocycles. The molecule has 1 atom stereocenters. The van der Waals surface area contributed by atoms with Crippen LogP contribution in [0.2, 0.25) is 0 Å². The number of carbonyl (C=O) groups is 1. The van der Waals surface area contributed by atoms with Crippen LogP contribution in [0.5, 0.6) is 0 Å². The summed E-state index contributed by atoms with van der Waals surface area (Å²) in [5.41, 5.74) is 0.716. The number of amides is 1. The molecule has 3 heterocycles. The number of hydrogen-bond donors (Lipinski definition) is 0. The minimum atomic E-state index is 0.102. The molecular formula is C24H28N4O2. The maximum Gasteiger partial charge on any atom is 0.266 e. The molecule has 0 spiro atoms. The molecule has 1 saturated heterocycles. The second-order valence-electron chi connectivity index (χ2n) is 8.71. The molecule has 3 aromatic rings. The van der Waals surface area contributed by atoms with Gasteiger partial charge in [-0.25, -0.2) is 0 Å². The molecule has 0 bridgehead atoms. The maximum absolute atomic E-state index is 12.9. The Kier molecular flexibility index (Phi) is 5.47. The predicted molar refractivity (Wildman–Crippen MR) is 115 cm³/mol. The van der Waals surface area contributed by atoms with Crippen LogP contribution in [0, 0.1) is 5.92 Å². The summed E-state index contributed by atoms with van der Waals surface area (Å²) in [7, 11) is 0. The molecular weight excluding hydrogens is 376 g/mol. The Hall–Kier alpha value is -2.76. The van der Waals surface area contributed by atoms with Crippen molar-refractivity contribution in [2.24, 2.45) is 5.92 Å². The van der Waals surface area contributed by atoms with E-state index < -0.39 is 0 Å². The summed E-state index contributed by atoms with van der Waals surface area (Å²) in [6.45, 7) is 1.52. The number of aromatic nitrogens is 3. The van der Waals surface area contributed by atoms with Crippen molar-refractivity contribution in [1.29, 1.82) is 0 Å². The second-order valence-corrected chi connectivity index (χ2v) is 8.71. The van der Waals surface area contributed by atoms with Crippen molar-refractivity contribution in [3.8, 4) is 11.6 Å². The minimum absolute atomic E-state index is 0.102. The van der Waals surface area contributed by atoms with Crippen molar-refractivity contribution in [2.75, 3.05) is 13.1 Å². The van der Waals surface area contributed by atoms with Crippen LogP contribution in [-0.4, -0.2) is 39.1 Å². The molecule has 2 aliphatic rings. The van der Waals surface area contributed by atoms with Crippen LogP contribution in [0.4, 0.5) is 0 Å². The van der Waals surface area contributed by atoms with E-state index in [1.165, 1.54) is 32.1 Å². The first-order valence-electron chi connectivity index (χ1n) is 11.2. The molecule has 2 fully saturated rings. The number of likely N-dealkylation sites (tertiary alicyclic amines) is 1. The van der Waals surface area contributed by atoms with Crippen molar-refractivity contribution in [3.63, 3.8) is 0 Å². The molecule has 0 unspecified atom stereocenters. The highest BCUT2D eigenvalue weighted by Crippen LogP contribution is 2.32. The number of pyridine rings is 1. The molecule has 1 aliphatic carbocycles. The molecule has 0 N–H and O–H groups in total. The van der Waals surface area contributed by atoms with Crippen LogP contribution in [0.25, 0.3) is 22.4 Å². The monoisotopic (exact) mass is 404 g/mol. The van der Waals surface area contributed by atoms with Gasteiger partial charge in [0.05, 0.1) is 5.92 Å². The van der Waals surface area contributed by atoms with Crippen molar-refractivity contribution < 1.29 is 9.21 Å². The Labute approximate surface area is 176 Å². The van der Waals surface area contributed by atoms with Gasteiger partial charge in [-0.15, -0.1) is 10.2 Å². The fourth-order valence-corrected chi connectivity index (χ4v) is 4.96. The SMILES string of the molecule is O=C(CC1CCCCC1)N1CCC[C@@H](c2nnc(-c3nccc4ccccc34)o2)C1. The quantitative estimate of drug-likeness (QED) is 0.614.